The van der Waals surface area contributed by atoms with Crippen molar-refractivity contribution < 1.29 is 14.3 Å². The molecule has 1 aliphatic rings. The summed E-state index contributed by atoms with van der Waals surface area (Å²) in [6.07, 6.45) is 2.36. The molecule has 2 atom stereocenters. The van der Waals surface area contributed by atoms with Crippen LogP contribution in [0.1, 0.15) is 36.8 Å². The Morgan fingerprint density at radius 3 is 2.45 bits per heavy atom. The Hall–Kier alpha value is -2.82. The molecule has 5 nitrogen and oxygen atoms in total. The number of ether oxygens (including phenoxy) is 1. The fraction of sp³-hybridized carbons (Fsp3) is 0.417. The van der Waals surface area contributed by atoms with E-state index in [0.29, 0.717) is 26.1 Å². The van der Waals surface area contributed by atoms with E-state index in [1.165, 1.54) is 0 Å². The van der Waals surface area contributed by atoms with Gasteiger partial charge in [0.15, 0.2) is 0 Å². The molecule has 0 aliphatic carbocycles. The van der Waals surface area contributed by atoms with E-state index in [0.717, 1.165) is 29.7 Å². The van der Waals surface area contributed by atoms with Crippen molar-refractivity contribution in [3.63, 3.8) is 0 Å². The summed E-state index contributed by atoms with van der Waals surface area (Å²) in [7, 11) is 1.64. The Morgan fingerprint density at radius 2 is 1.79 bits per heavy atom. The molecule has 1 heterocycles. The topological polar surface area (TPSA) is 58.6 Å². The normalized spacial score (nSPS) is 18.5. The maximum Gasteiger partial charge on any atom is 0.227 e. The molecule has 0 spiro atoms. The number of rotatable bonds is 8. The SMILES string of the molecule is CCCCNC(=O)[C@@H]1CN(C(=O)Cc2ccccc2)C[C@H]1c1ccc(OC)cc1. The second-order valence-electron chi connectivity index (χ2n) is 7.59. The van der Waals surface area contributed by atoms with Crippen molar-refractivity contribution in [1.82, 2.24) is 10.2 Å². The van der Waals surface area contributed by atoms with Gasteiger partial charge in [0.1, 0.15) is 5.75 Å². The third kappa shape index (κ3) is 5.37. The van der Waals surface area contributed by atoms with Crippen LogP contribution in [0.25, 0.3) is 0 Å². The summed E-state index contributed by atoms with van der Waals surface area (Å²) in [5.41, 5.74) is 2.06. The van der Waals surface area contributed by atoms with Gasteiger partial charge in [-0.2, -0.15) is 0 Å². The van der Waals surface area contributed by atoms with Crippen LogP contribution in [-0.4, -0.2) is 43.5 Å². The summed E-state index contributed by atoms with van der Waals surface area (Å²) >= 11 is 0. The van der Waals surface area contributed by atoms with Crippen molar-refractivity contribution in [2.45, 2.75) is 32.1 Å². The van der Waals surface area contributed by atoms with E-state index in [1.54, 1.807) is 7.11 Å². The minimum atomic E-state index is -0.236. The first-order valence-electron chi connectivity index (χ1n) is 10.4. The highest BCUT2D eigenvalue weighted by Gasteiger charge is 2.40. The van der Waals surface area contributed by atoms with Crippen molar-refractivity contribution in [2.75, 3.05) is 26.7 Å². The van der Waals surface area contributed by atoms with E-state index in [-0.39, 0.29) is 23.7 Å². The van der Waals surface area contributed by atoms with Crippen LogP contribution >= 0.6 is 0 Å². The van der Waals surface area contributed by atoms with Gasteiger partial charge >= 0.3 is 0 Å². The number of likely N-dealkylation sites (tertiary alicyclic amines) is 1. The molecule has 2 amide bonds. The lowest BCUT2D eigenvalue weighted by molar-refractivity contribution is -0.130. The third-order valence-electron chi connectivity index (χ3n) is 5.58. The summed E-state index contributed by atoms with van der Waals surface area (Å²) in [6.45, 7) is 3.80. The molecule has 154 valence electrons. The van der Waals surface area contributed by atoms with Crippen LogP contribution in [0.2, 0.25) is 0 Å². The molecule has 0 bridgehead atoms. The van der Waals surface area contributed by atoms with Crippen LogP contribution in [0.15, 0.2) is 54.6 Å². The maximum atomic E-state index is 12.9. The average molecular weight is 395 g/mol. The molecular weight excluding hydrogens is 364 g/mol. The fourth-order valence-electron chi connectivity index (χ4n) is 3.86. The molecule has 5 heteroatoms. The van der Waals surface area contributed by atoms with Gasteiger partial charge in [-0.25, -0.2) is 0 Å². The highest BCUT2D eigenvalue weighted by molar-refractivity contribution is 5.84. The number of hydrogen-bond acceptors (Lipinski definition) is 3. The van der Waals surface area contributed by atoms with Crippen LogP contribution in [0.4, 0.5) is 0 Å². The molecule has 3 rings (SSSR count). The van der Waals surface area contributed by atoms with Crippen LogP contribution < -0.4 is 10.1 Å². The smallest absolute Gasteiger partial charge is 0.227 e. The first-order chi connectivity index (χ1) is 14.1. The number of amides is 2. The number of methoxy groups -OCH3 is 1. The lowest BCUT2D eigenvalue weighted by Gasteiger charge is -2.18. The summed E-state index contributed by atoms with van der Waals surface area (Å²) in [4.78, 5) is 27.6. The van der Waals surface area contributed by atoms with Crippen molar-refractivity contribution >= 4 is 11.8 Å². The second kappa shape index (κ2) is 10.1. The molecule has 1 N–H and O–H groups in total. The molecule has 0 radical (unpaired) electrons. The summed E-state index contributed by atoms with van der Waals surface area (Å²) in [5.74, 6) is 0.641. The van der Waals surface area contributed by atoms with Crippen LogP contribution in [-0.2, 0) is 16.0 Å². The van der Waals surface area contributed by atoms with E-state index < -0.39 is 0 Å². The number of benzene rings is 2. The van der Waals surface area contributed by atoms with Gasteiger partial charge in [-0.05, 0) is 29.7 Å². The largest absolute Gasteiger partial charge is 0.497 e. The summed E-state index contributed by atoms with van der Waals surface area (Å²) < 4.78 is 5.25. The molecular formula is C24H30N2O3. The van der Waals surface area contributed by atoms with Crippen LogP contribution in [0.5, 0.6) is 5.75 Å². The predicted octanol–water partition coefficient (Wildman–Crippen LogP) is 3.40. The molecule has 0 saturated carbocycles. The van der Waals surface area contributed by atoms with Gasteiger partial charge in [-0.3, -0.25) is 9.59 Å². The van der Waals surface area contributed by atoms with E-state index >= 15 is 0 Å². The van der Waals surface area contributed by atoms with E-state index in [2.05, 4.69) is 12.2 Å². The molecule has 0 unspecified atom stereocenters. The zero-order valence-electron chi connectivity index (χ0n) is 17.3. The number of carbonyl (C=O) groups is 2. The van der Waals surface area contributed by atoms with E-state index in [9.17, 15) is 9.59 Å². The molecule has 1 aliphatic heterocycles. The molecule has 2 aromatic carbocycles. The monoisotopic (exact) mass is 394 g/mol. The zero-order chi connectivity index (χ0) is 20.6. The number of nitrogens with one attached hydrogen (secondary N) is 1. The van der Waals surface area contributed by atoms with Crippen molar-refractivity contribution in [3.8, 4) is 5.75 Å². The molecule has 0 aromatic heterocycles. The molecule has 1 saturated heterocycles. The van der Waals surface area contributed by atoms with Crippen molar-refractivity contribution in [2.24, 2.45) is 5.92 Å². The standard InChI is InChI=1S/C24H30N2O3/c1-3-4-14-25-24(28)22-17-26(23(27)15-18-8-6-5-7-9-18)16-21(22)19-10-12-20(29-2)13-11-19/h5-13,21-22H,3-4,14-17H2,1-2H3,(H,25,28)/t21-,22+/m0/s1. The Morgan fingerprint density at radius 1 is 1.07 bits per heavy atom. The van der Waals surface area contributed by atoms with Gasteiger partial charge in [0, 0.05) is 25.6 Å². The third-order valence-corrected chi connectivity index (χ3v) is 5.58. The number of nitrogens with zero attached hydrogens (tertiary/aromatic N) is 1. The predicted molar refractivity (Wildman–Crippen MR) is 114 cm³/mol. The van der Waals surface area contributed by atoms with Crippen molar-refractivity contribution in [3.05, 3.63) is 65.7 Å². The Labute approximate surface area is 173 Å². The van der Waals surface area contributed by atoms with Crippen molar-refractivity contribution in [1.29, 1.82) is 0 Å². The molecule has 2 aromatic rings. The van der Waals surface area contributed by atoms with Gasteiger partial charge in [-0.15, -0.1) is 0 Å². The minimum absolute atomic E-state index is 0.0118. The minimum Gasteiger partial charge on any atom is -0.497 e. The lowest BCUT2D eigenvalue weighted by Crippen LogP contribution is -2.36. The second-order valence-corrected chi connectivity index (χ2v) is 7.59. The molecule has 29 heavy (non-hydrogen) atoms. The maximum absolute atomic E-state index is 12.9. The number of carbonyl (C=O) groups excluding carboxylic acids is 2. The van der Waals surface area contributed by atoms with E-state index in [4.69, 9.17) is 4.74 Å². The van der Waals surface area contributed by atoms with Crippen LogP contribution in [0.3, 0.4) is 0 Å². The Kier molecular flexibility index (Phi) is 7.28. The Balaban J connectivity index is 1.75. The van der Waals surface area contributed by atoms with Gasteiger partial charge in [0.25, 0.3) is 0 Å². The highest BCUT2D eigenvalue weighted by Crippen LogP contribution is 2.34. The summed E-state index contributed by atoms with van der Waals surface area (Å²) in [6, 6.07) is 17.6. The first-order valence-corrected chi connectivity index (χ1v) is 10.4. The van der Waals surface area contributed by atoms with Crippen LogP contribution in [0, 0.1) is 5.92 Å². The lowest BCUT2D eigenvalue weighted by atomic mass is 9.88. The van der Waals surface area contributed by atoms with Gasteiger partial charge in [-0.1, -0.05) is 55.8 Å². The van der Waals surface area contributed by atoms with Gasteiger partial charge < -0.3 is 15.0 Å². The fourth-order valence-corrected chi connectivity index (χ4v) is 3.86. The summed E-state index contributed by atoms with van der Waals surface area (Å²) in [5, 5.41) is 3.06. The molecule has 1 fully saturated rings. The quantitative estimate of drug-likeness (QED) is 0.698. The average Bonchev–Trinajstić information content (AvgIpc) is 3.20. The van der Waals surface area contributed by atoms with Gasteiger partial charge in [0.2, 0.25) is 11.8 Å². The number of unbranched alkanes of at least 4 members (excludes halogenated alkanes) is 1. The Bertz CT molecular complexity index is 805. The first kappa shape index (κ1) is 20.9. The number of hydrogen-bond donors (Lipinski definition) is 1. The highest BCUT2D eigenvalue weighted by atomic mass is 16.5. The zero-order valence-corrected chi connectivity index (χ0v) is 17.3. The van der Waals surface area contributed by atoms with Gasteiger partial charge in [0.05, 0.1) is 19.4 Å². The van der Waals surface area contributed by atoms with E-state index in [1.807, 2.05) is 59.5 Å².